The van der Waals surface area contributed by atoms with E-state index >= 15 is 0 Å². The lowest BCUT2D eigenvalue weighted by molar-refractivity contribution is 0.102. The van der Waals surface area contributed by atoms with Crippen LogP contribution in [0.15, 0.2) is 53.7 Å². The number of methoxy groups -OCH3 is 1. The molecule has 6 rings (SSSR count). The van der Waals surface area contributed by atoms with Gasteiger partial charge in [0.25, 0.3) is 11.5 Å². The number of benzene rings is 1. The van der Waals surface area contributed by atoms with E-state index in [9.17, 15) is 14.0 Å². The van der Waals surface area contributed by atoms with Crippen molar-refractivity contribution in [3.63, 3.8) is 0 Å². The van der Waals surface area contributed by atoms with Crippen molar-refractivity contribution in [3.8, 4) is 22.5 Å². The van der Waals surface area contributed by atoms with Gasteiger partial charge in [0.05, 0.1) is 6.61 Å². The van der Waals surface area contributed by atoms with Crippen LogP contribution < -0.4 is 16.2 Å². The summed E-state index contributed by atoms with van der Waals surface area (Å²) in [5.41, 5.74) is 3.53. The lowest BCUT2D eigenvalue weighted by atomic mass is 9.98. The first-order chi connectivity index (χ1) is 19.9. The molecule has 0 saturated heterocycles. The Bertz CT molecular complexity index is 1660. The van der Waals surface area contributed by atoms with Crippen molar-refractivity contribution in [2.45, 2.75) is 44.2 Å². The molecule has 0 aliphatic heterocycles. The van der Waals surface area contributed by atoms with E-state index in [1.165, 1.54) is 12.1 Å². The van der Waals surface area contributed by atoms with Gasteiger partial charge >= 0.3 is 0 Å². The molecule has 3 heterocycles. The predicted octanol–water partition coefficient (Wildman–Crippen LogP) is 4.05. The molecular weight excluding hydrogens is 525 g/mol. The summed E-state index contributed by atoms with van der Waals surface area (Å²) in [4.78, 5) is 31.6. The van der Waals surface area contributed by atoms with Gasteiger partial charge in [-0.2, -0.15) is 0 Å². The molecule has 0 spiro atoms. The van der Waals surface area contributed by atoms with Gasteiger partial charge in [-0.25, -0.2) is 9.37 Å². The van der Waals surface area contributed by atoms with Crippen LogP contribution >= 0.6 is 0 Å². The normalized spacial score (nSPS) is 14.8. The number of anilines is 1. The topological polar surface area (TPSA) is 116 Å². The van der Waals surface area contributed by atoms with Gasteiger partial charge in [0.15, 0.2) is 5.82 Å². The van der Waals surface area contributed by atoms with E-state index < -0.39 is 5.91 Å². The van der Waals surface area contributed by atoms with Crippen LogP contribution in [0.4, 0.5) is 10.2 Å². The van der Waals surface area contributed by atoms with Gasteiger partial charge in [0.1, 0.15) is 23.5 Å². The summed E-state index contributed by atoms with van der Waals surface area (Å²) >= 11 is 0. The molecule has 2 aliphatic carbocycles. The van der Waals surface area contributed by atoms with Gasteiger partial charge in [-0.15, -0.1) is 10.2 Å². The summed E-state index contributed by atoms with van der Waals surface area (Å²) < 4.78 is 22.9. The Morgan fingerprint density at radius 1 is 1.12 bits per heavy atom. The van der Waals surface area contributed by atoms with Crippen molar-refractivity contribution in [3.05, 3.63) is 81.9 Å². The van der Waals surface area contributed by atoms with Gasteiger partial charge in [-0.3, -0.25) is 9.59 Å². The van der Waals surface area contributed by atoms with Crippen LogP contribution in [0.1, 0.15) is 59.3 Å². The highest BCUT2D eigenvalue weighted by atomic mass is 19.1. The maximum Gasteiger partial charge on any atom is 0.263 e. The number of amides is 1. The van der Waals surface area contributed by atoms with Crippen molar-refractivity contribution in [1.82, 2.24) is 29.6 Å². The molecule has 11 heteroatoms. The first-order valence-electron chi connectivity index (χ1n) is 13.8. The quantitative estimate of drug-likeness (QED) is 0.267. The first-order valence-corrected chi connectivity index (χ1v) is 13.8. The third-order valence-electron chi connectivity index (χ3n) is 7.42. The summed E-state index contributed by atoms with van der Waals surface area (Å²) in [6.45, 7) is 1.72. The maximum absolute atomic E-state index is 14.4. The second kappa shape index (κ2) is 11.3. The Kier molecular flexibility index (Phi) is 7.46. The number of pyridine rings is 2. The van der Waals surface area contributed by atoms with E-state index in [2.05, 4.69) is 20.8 Å². The molecule has 2 saturated carbocycles. The average Bonchev–Trinajstić information content (AvgIpc) is 3.89. The highest BCUT2D eigenvalue weighted by Gasteiger charge is 2.29. The van der Waals surface area contributed by atoms with Crippen LogP contribution in [-0.2, 0) is 18.3 Å². The lowest BCUT2D eigenvalue weighted by Crippen LogP contribution is -2.30. The summed E-state index contributed by atoms with van der Waals surface area (Å²) in [5, 5.41) is 14.3. The Balaban J connectivity index is 1.35. The Hall–Kier alpha value is -4.22. The van der Waals surface area contributed by atoms with E-state index in [0.717, 1.165) is 48.1 Å². The smallest absolute Gasteiger partial charge is 0.263 e. The fourth-order valence-electron chi connectivity index (χ4n) is 4.97. The molecule has 1 amide bonds. The van der Waals surface area contributed by atoms with Gasteiger partial charge < -0.3 is 24.5 Å². The summed E-state index contributed by atoms with van der Waals surface area (Å²) in [6.07, 6.45) is 7.25. The summed E-state index contributed by atoms with van der Waals surface area (Å²) in [7, 11) is 3.44. The first kappa shape index (κ1) is 27.0. The zero-order chi connectivity index (χ0) is 28.5. The molecule has 1 aromatic carbocycles. The zero-order valence-corrected chi connectivity index (χ0v) is 23.1. The molecule has 0 bridgehead atoms. The zero-order valence-electron chi connectivity index (χ0n) is 23.1. The van der Waals surface area contributed by atoms with Crippen molar-refractivity contribution in [2.75, 3.05) is 25.6 Å². The number of halogens is 1. The van der Waals surface area contributed by atoms with Crippen LogP contribution in [0.5, 0.6) is 0 Å². The Labute approximate surface area is 236 Å². The molecule has 4 aromatic rings. The number of hydrogen-bond acceptors (Lipinski definition) is 7. The maximum atomic E-state index is 14.4. The predicted molar refractivity (Wildman–Crippen MR) is 152 cm³/mol. The molecule has 41 heavy (non-hydrogen) atoms. The van der Waals surface area contributed by atoms with Gasteiger partial charge in [-0.05, 0) is 72.7 Å². The van der Waals surface area contributed by atoms with E-state index in [4.69, 9.17) is 9.72 Å². The number of rotatable bonds is 11. The minimum atomic E-state index is -0.512. The number of carbonyl (C=O) groups excluding carboxylic acids is 1. The van der Waals surface area contributed by atoms with Crippen LogP contribution in [0.25, 0.3) is 22.5 Å². The molecule has 10 nitrogen and oxygen atoms in total. The molecule has 2 aliphatic rings. The molecule has 212 valence electrons. The van der Waals surface area contributed by atoms with Gasteiger partial charge in [0.2, 0.25) is 0 Å². The van der Waals surface area contributed by atoms with Crippen LogP contribution in [0, 0.1) is 5.82 Å². The number of carbonyl (C=O) groups is 1. The van der Waals surface area contributed by atoms with Gasteiger partial charge in [-0.1, -0.05) is 6.07 Å². The Morgan fingerprint density at radius 3 is 2.66 bits per heavy atom. The standard InChI is InChI=1S/C30H32FN7O3/c1-37-17-33-36-28(37)24-14-21(31)5-8-23(24)20-12-26(19-3-4-19)34-27(13-20)35-29(39)25-11-18(15-32-9-10-41-2)16-38(30(25)40)22-6-7-22/h5,8,11-14,16-17,19,22,32H,3-4,6-7,9-10,15H2,1-2H3,(H,34,35,39). The van der Waals surface area contributed by atoms with E-state index in [0.29, 0.717) is 36.9 Å². The molecule has 2 fully saturated rings. The number of ether oxygens (including phenoxy) is 1. The van der Waals surface area contributed by atoms with Crippen LogP contribution in [0.3, 0.4) is 0 Å². The Morgan fingerprint density at radius 2 is 1.95 bits per heavy atom. The minimum absolute atomic E-state index is 0.0738. The molecule has 0 unspecified atom stereocenters. The highest BCUT2D eigenvalue weighted by Crippen LogP contribution is 2.42. The van der Waals surface area contributed by atoms with Gasteiger partial charge in [0, 0.05) is 56.7 Å². The largest absolute Gasteiger partial charge is 0.383 e. The summed E-state index contributed by atoms with van der Waals surface area (Å²) in [5.74, 6) is 0.246. The van der Waals surface area contributed by atoms with Crippen molar-refractivity contribution in [2.24, 2.45) is 7.05 Å². The van der Waals surface area contributed by atoms with Crippen molar-refractivity contribution < 1.29 is 13.9 Å². The minimum Gasteiger partial charge on any atom is -0.383 e. The van der Waals surface area contributed by atoms with Crippen molar-refractivity contribution >= 4 is 11.7 Å². The summed E-state index contributed by atoms with van der Waals surface area (Å²) in [6, 6.07) is 10.0. The van der Waals surface area contributed by atoms with E-state index in [1.807, 2.05) is 12.3 Å². The number of nitrogens with one attached hydrogen (secondary N) is 2. The fourth-order valence-corrected chi connectivity index (χ4v) is 4.97. The molecule has 2 N–H and O–H groups in total. The number of aromatic nitrogens is 5. The van der Waals surface area contributed by atoms with Crippen molar-refractivity contribution in [1.29, 1.82) is 0 Å². The molecule has 3 aromatic heterocycles. The monoisotopic (exact) mass is 557 g/mol. The van der Waals surface area contributed by atoms with E-state index in [1.54, 1.807) is 47.8 Å². The average molecular weight is 558 g/mol. The second-order valence-corrected chi connectivity index (χ2v) is 10.7. The van der Waals surface area contributed by atoms with Crippen LogP contribution in [-0.4, -0.2) is 50.5 Å². The molecular formula is C30H32FN7O3. The van der Waals surface area contributed by atoms with Crippen LogP contribution in [0.2, 0.25) is 0 Å². The third kappa shape index (κ3) is 5.96. The number of nitrogens with zero attached hydrogens (tertiary/aromatic N) is 5. The van der Waals surface area contributed by atoms with E-state index in [-0.39, 0.29) is 28.9 Å². The lowest BCUT2D eigenvalue weighted by Gasteiger charge is -2.14. The second-order valence-electron chi connectivity index (χ2n) is 10.7. The molecule has 0 atom stereocenters. The number of aryl methyl sites for hydroxylation is 1. The highest BCUT2D eigenvalue weighted by molar-refractivity contribution is 6.04. The fraction of sp³-hybridized carbons (Fsp3) is 0.367. The third-order valence-corrected chi connectivity index (χ3v) is 7.42. The SMILES string of the molecule is COCCNCc1cc(C(=O)Nc2cc(-c3ccc(F)cc3-c3nncn3C)cc(C3CC3)n2)c(=O)n(C2CC2)c1. The molecule has 0 radical (unpaired) electrons. The number of hydrogen-bond donors (Lipinski definition) is 2.